The molecule has 0 saturated heterocycles. The summed E-state index contributed by atoms with van der Waals surface area (Å²) >= 11 is 0. The van der Waals surface area contributed by atoms with Crippen LogP contribution < -0.4 is 10.6 Å². The number of hydrogen-bond donors (Lipinski definition) is 2. The second-order valence-corrected chi connectivity index (χ2v) is 6.79. The van der Waals surface area contributed by atoms with Crippen LogP contribution in [0.5, 0.6) is 0 Å². The molecule has 1 aliphatic rings. The van der Waals surface area contributed by atoms with Crippen LogP contribution >= 0.6 is 0 Å². The smallest absolute Gasteiger partial charge is 0.338 e. The summed E-state index contributed by atoms with van der Waals surface area (Å²) in [6.45, 7) is 2.44. The summed E-state index contributed by atoms with van der Waals surface area (Å²) in [5, 5.41) is 5.69. The van der Waals surface area contributed by atoms with E-state index >= 15 is 0 Å². The first-order valence-corrected chi connectivity index (χ1v) is 9.58. The number of carbonyl (C=O) groups is 3. The van der Waals surface area contributed by atoms with Crippen LogP contribution in [0.3, 0.4) is 0 Å². The molecule has 1 heterocycles. The second-order valence-electron chi connectivity index (χ2n) is 6.79. The minimum absolute atomic E-state index is 0.00395. The van der Waals surface area contributed by atoms with E-state index in [1.807, 2.05) is 13.0 Å². The van der Waals surface area contributed by atoms with Crippen LogP contribution in [0.2, 0.25) is 0 Å². The van der Waals surface area contributed by atoms with Crippen LogP contribution in [0.4, 0.5) is 11.4 Å². The van der Waals surface area contributed by atoms with Gasteiger partial charge in [-0.2, -0.15) is 0 Å². The van der Waals surface area contributed by atoms with Gasteiger partial charge in [-0.15, -0.1) is 0 Å². The number of hydrogen-bond acceptors (Lipinski definition) is 4. The van der Waals surface area contributed by atoms with E-state index in [0.717, 1.165) is 36.9 Å². The van der Waals surface area contributed by atoms with Crippen molar-refractivity contribution in [3.8, 4) is 0 Å². The maximum absolute atomic E-state index is 12.6. The number of carbonyl (C=O) groups excluding carboxylic acids is 3. The van der Waals surface area contributed by atoms with Crippen LogP contribution in [0.1, 0.15) is 58.9 Å². The van der Waals surface area contributed by atoms with E-state index in [9.17, 15) is 14.4 Å². The van der Waals surface area contributed by atoms with E-state index in [4.69, 9.17) is 4.74 Å². The van der Waals surface area contributed by atoms with E-state index in [0.29, 0.717) is 29.8 Å². The maximum atomic E-state index is 12.6. The molecule has 2 N–H and O–H groups in total. The van der Waals surface area contributed by atoms with Crippen molar-refractivity contribution in [1.82, 2.24) is 0 Å². The lowest BCUT2D eigenvalue weighted by Gasteiger charge is -2.10. The highest BCUT2D eigenvalue weighted by Crippen LogP contribution is 2.24. The van der Waals surface area contributed by atoms with Gasteiger partial charge < -0.3 is 15.4 Å². The van der Waals surface area contributed by atoms with Crippen molar-refractivity contribution in [3.05, 3.63) is 59.2 Å². The van der Waals surface area contributed by atoms with Crippen LogP contribution in [0.25, 0.3) is 0 Å². The van der Waals surface area contributed by atoms with Gasteiger partial charge in [0.05, 0.1) is 12.2 Å². The monoisotopic (exact) mass is 380 g/mol. The van der Waals surface area contributed by atoms with E-state index in [1.165, 1.54) is 0 Å². The molecule has 28 heavy (non-hydrogen) atoms. The van der Waals surface area contributed by atoms with Gasteiger partial charge in [-0.1, -0.05) is 13.3 Å². The highest BCUT2D eigenvalue weighted by Gasteiger charge is 2.15. The zero-order valence-electron chi connectivity index (χ0n) is 15.9. The van der Waals surface area contributed by atoms with Crippen molar-refractivity contribution < 1.29 is 19.1 Å². The van der Waals surface area contributed by atoms with Crippen molar-refractivity contribution in [2.45, 2.75) is 39.0 Å². The molecule has 2 amide bonds. The van der Waals surface area contributed by atoms with E-state index in [2.05, 4.69) is 10.6 Å². The number of unbranched alkanes of at least 4 members (excludes halogenated alkanes) is 1. The molecule has 6 heteroatoms. The summed E-state index contributed by atoms with van der Waals surface area (Å²) in [6.07, 6.45) is 3.81. The van der Waals surface area contributed by atoms with Gasteiger partial charge in [0.25, 0.3) is 5.91 Å². The second kappa shape index (κ2) is 9.17. The zero-order valence-corrected chi connectivity index (χ0v) is 15.9. The Bertz CT molecular complexity index is 875. The van der Waals surface area contributed by atoms with Crippen molar-refractivity contribution in [2.24, 2.45) is 0 Å². The van der Waals surface area contributed by atoms with Crippen LogP contribution in [-0.4, -0.2) is 24.4 Å². The average molecular weight is 380 g/mol. The molecule has 0 bridgehead atoms. The third-order valence-electron chi connectivity index (χ3n) is 4.60. The highest BCUT2D eigenvalue weighted by atomic mass is 16.5. The molecule has 2 aromatic carbocycles. The molecule has 0 unspecified atom stereocenters. The molecule has 0 spiro atoms. The molecule has 2 aromatic rings. The lowest BCUT2D eigenvalue weighted by molar-refractivity contribution is -0.116. The standard InChI is InChI=1S/C22H24N2O4/c1-2-3-13-28-22(27)15-7-10-18(11-8-15)23-21(26)17-9-12-19-16(14-17)5-4-6-20(25)24-19/h7-12,14H,2-6,13H2,1H3,(H,23,26)(H,24,25). The number of ether oxygens (including phenoxy) is 1. The number of amides is 2. The molecule has 146 valence electrons. The van der Waals surface area contributed by atoms with Crippen LogP contribution in [0, 0.1) is 0 Å². The third-order valence-corrected chi connectivity index (χ3v) is 4.60. The molecule has 0 radical (unpaired) electrons. The molecule has 0 aliphatic carbocycles. The van der Waals surface area contributed by atoms with Crippen molar-refractivity contribution in [2.75, 3.05) is 17.2 Å². The molecule has 0 saturated carbocycles. The molecule has 0 atom stereocenters. The van der Waals surface area contributed by atoms with Gasteiger partial charge in [-0.05, 0) is 67.3 Å². The Morgan fingerprint density at radius 2 is 1.82 bits per heavy atom. The van der Waals surface area contributed by atoms with Gasteiger partial charge in [0, 0.05) is 23.4 Å². The fourth-order valence-electron chi connectivity index (χ4n) is 3.00. The quantitative estimate of drug-likeness (QED) is 0.582. The summed E-state index contributed by atoms with van der Waals surface area (Å²) in [7, 11) is 0. The van der Waals surface area contributed by atoms with Gasteiger partial charge >= 0.3 is 5.97 Å². The fourth-order valence-corrected chi connectivity index (χ4v) is 3.00. The Hall–Kier alpha value is -3.15. The number of anilines is 2. The van der Waals surface area contributed by atoms with Crippen molar-refractivity contribution >= 4 is 29.2 Å². The van der Waals surface area contributed by atoms with Gasteiger partial charge in [0.15, 0.2) is 0 Å². The molecule has 6 nitrogen and oxygen atoms in total. The maximum Gasteiger partial charge on any atom is 0.338 e. The summed E-state index contributed by atoms with van der Waals surface area (Å²) < 4.78 is 5.17. The number of esters is 1. The Balaban J connectivity index is 1.64. The number of aryl methyl sites for hydroxylation is 1. The predicted molar refractivity (Wildman–Crippen MR) is 108 cm³/mol. The number of fused-ring (bicyclic) bond motifs is 1. The summed E-state index contributed by atoms with van der Waals surface area (Å²) in [6, 6.07) is 11.9. The zero-order chi connectivity index (χ0) is 19.9. The lowest BCUT2D eigenvalue weighted by atomic mass is 10.0. The minimum Gasteiger partial charge on any atom is -0.462 e. The first-order valence-electron chi connectivity index (χ1n) is 9.58. The van der Waals surface area contributed by atoms with Crippen molar-refractivity contribution in [3.63, 3.8) is 0 Å². The number of nitrogens with one attached hydrogen (secondary N) is 2. The first-order chi connectivity index (χ1) is 13.6. The third kappa shape index (κ3) is 4.97. The highest BCUT2D eigenvalue weighted by molar-refractivity contribution is 6.05. The molecule has 1 aliphatic heterocycles. The number of benzene rings is 2. The van der Waals surface area contributed by atoms with Gasteiger partial charge in [0.2, 0.25) is 5.91 Å². The van der Waals surface area contributed by atoms with E-state index in [-0.39, 0.29) is 17.8 Å². The Morgan fingerprint density at radius 3 is 2.57 bits per heavy atom. The van der Waals surface area contributed by atoms with E-state index in [1.54, 1.807) is 36.4 Å². The average Bonchev–Trinajstić information content (AvgIpc) is 2.88. The molecule has 3 rings (SSSR count). The van der Waals surface area contributed by atoms with Gasteiger partial charge in [-0.3, -0.25) is 9.59 Å². The van der Waals surface area contributed by atoms with E-state index < -0.39 is 0 Å². The largest absolute Gasteiger partial charge is 0.462 e. The normalized spacial score (nSPS) is 13.1. The van der Waals surface area contributed by atoms with Crippen LogP contribution in [0.15, 0.2) is 42.5 Å². The Morgan fingerprint density at radius 1 is 1.07 bits per heavy atom. The molecular formula is C22H24N2O4. The summed E-state index contributed by atoms with van der Waals surface area (Å²) in [5.41, 5.74) is 3.31. The Labute approximate surface area is 164 Å². The molecular weight excluding hydrogens is 356 g/mol. The Kier molecular flexibility index (Phi) is 6.42. The SMILES string of the molecule is CCCCOC(=O)c1ccc(NC(=O)c2ccc3c(c2)CCCC(=O)N3)cc1. The summed E-state index contributed by atoms with van der Waals surface area (Å²) in [5.74, 6) is -0.597. The number of rotatable bonds is 6. The first kappa shape index (κ1) is 19.6. The predicted octanol–water partition coefficient (Wildman–Crippen LogP) is 4.17. The van der Waals surface area contributed by atoms with Crippen LogP contribution in [-0.2, 0) is 16.0 Å². The van der Waals surface area contributed by atoms with Gasteiger partial charge in [0.1, 0.15) is 0 Å². The fraction of sp³-hybridized carbons (Fsp3) is 0.318. The van der Waals surface area contributed by atoms with Gasteiger partial charge in [-0.25, -0.2) is 4.79 Å². The minimum atomic E-state index is -0.362. The molecule has 0 fully saturated rings. The topological polar surface area (TPSA) is 84.5 Å². The lowest BCUT2D eigenvalue weighted by Crippen LogP contribution is -2.13. The summed E-state index contributed by atoms with van der Waals surface area (Å²) in [4.78, 5) is 36.1. The molecule has 0 aromatic heterocycles. The van der Waals surface area contributed by atoms with Crippen molar-refractivity contribution in [1.29, 1.82) is 0 Å².